The van der Waals surface area contributed by atoms with Gasteiger partial charge < -0.3 is 29.0 Å². The number of alkyl halides is 3. The van der Waals surface area contributed by atoms with Crippen LogP contribution in [0.15, 0.2) is 12.3 Å². The highest BCUT2D eigenvalue weighted by Crippen LogP contribution is 2.19. The minimum Gasteiger partial charge on any atom is -0.498 e. The van der Waals surface area contributed by atoms with Gasteiger partial charge in [-0.25, -0.2) is 0 Å². The number of esters is 3. The van der Waals surface area contributed by atoms with Crippen LogP contribution in [0.25, 0.3) is 0 Å². The van der Waals surface area contributed by atoms with Gasteiger partial charge in [-0.3, -0.25) is 28.8 Å². The van der Waals surface area contributed by atoms with E-state index in [4.69, 9.17) is 14.2 Å². The van der Waals surface area contributed by atoms with Crippen molar-refractivity contribution in [3.05, 3.63) is 12.3 Å². The number of carbonyl (C=O) groups excluding carboxylic acids is 6. The Morgan fingerprint density at radius 2 is 0.938 bits per heavy atom. The minimum atomic E-state index is -4.83. The summed E-state index contributed by atoms with van der Waals surface area (Å²) in [5.41, 5.74) is 0. The first-order valence-corrected chi connectivity index (χ1v) is 32.5. The van der Waals surface area contributed by atoms with Gasteiger partial charge in [-0.15, -0.1) is 13.2 Å². The van der Waals surface area contributed by atoms with E-state index in [1.807, 2.05) is 27.7 Å². The largest absolute Gasteiger partial charge is 0.575 e. The maximum Gasteiger partial charge on any atom is 0.575 e. The maximum absolute atomic E-state index is 12.4. The molecule has 6 atom stereocenters. The van der Waals surface area contributed by atoms with E-state index in [2.05, 4.69) is 69.8 Å². The normalized spacial score (nSPS) is 14.8. The van der Waals surface area contributed by atoms with Crippen molar-refractivity contribution >= 4 is 35.9 Å². The van der Waals surface area contributed by atoms with Crippen molar-refractivity contribution in [2.24, 2.45) is 23.7 Å². The molecule has 12 nitrogen and oxygen atoms in total. The van der Waals surface area contributed by atoms with Crippen molar-refractivity contribution in [2.45, 2.75) is 326 Å². The third kappa shape index (κ3) is 62.4. The third-order valence-corrected chi connectivity index (χ3v) is 14.7. The number of hydrogen-bond donors (Lipinski definition) is 1. The van der Waals surface area contributed by atoms with Gasteiger partial charge in [-0.2, -0.15) is 0 Å². The molecule has 0 saturated carbocycles. The molecule has 0 aromatic heterocycles. The predicted octanol–water partition coefficient (Wildman–Crippen LogP) is 17.6. The van der Waals surface area contributed by atoms with E-state index in [1.165, 1.54) is 141 Å². The molecule has 81 heavy (non-hydrogen) atoms. The number of unbranched alkanes of at least 4 members (excludes halogenated alkanes) is 21. The molecule has 1 saturated heterocycles. The fourth-order valence-corrected chi connectivity index (χ4v) is 8.52. The Morgan fingerprint density at radius 3 is 1.33 bits per heavy atom. The van der Waals surface area contributed by atoms with Crippen molar-refractivity contribution < 1.29 is 70.9 Å². The standard InChI is InChI=1S/C28H52O4.C13H23NO4.C13H26O.C9H20.C3H3F3O2/c1-6-9-11-13-15-17-19-25(5)31-22-26(21-27(29)24(4)8-3)23-32-28(30)20-18-16-14-12-10-7-2;1-3-10(7-17-9-15)5-13(16)18-8-12-6-11(4-2)14-12;1-4-6-7-8-9-10-11-13(14)12(3)5-2;1-3-5-7-9-8-6-4-2;1-2(7)8-3(4,5)6/h24,26H,5-23H2,1-4H3;9-12,14H,3-8H2,1-2H3;12H,4-11H2,1-3H3;3-9H2,1-2H3;1H3/p+1. The average molecular weight is 1170 g/mol. The summed E-state index contributed by atoms with van der Waals surface area (Å²) in [6.07, 6.45) is 34.9. The number of allylic oxidation sites excluding steroid dienone is 1. The van der Waals surface area contributed by atoms with Crippen molar-refractivity contribution in [3.8, 4) is 0 Å². The van der Waals surface area contributed by atoms with E-state index in [-0.39, 0.29) is 48.0 Å². The molecule has 480 valence electrons. The zero-order chi connectivity index (χ0) is 62.0. The summed E-state index contributed by atoms with van der Waals surface area (Å²) in [4.78, 5) is 67.2. The van der Waals surface area contributed by atoms with Crippen LogP contribution in [0.1, 0.15) is 308 Å². The number of quaternary nitrogens is 1. The molecule has 0 spiro atoms. The lowest BCUT2D eigenvalue weighted by atomic mass is 9.94. The Balaban J connectivity index is -0.000000508. The molecule has 1 rings (SSSR count). The summed E-state index contributed by atoms with van der Waals surface area (Å²) in [5, 5.41) is 2.26. The van der Waals surface area contributed by atoms with Gasteiger partial charge in [-0.1, -0.05) is 224 Å². The van der Waals surface area contributed by atoms with Gasteiger partial charge in [0.25, 0.3) is 6.47 Å². The van der Waals surface area contributed by atoms with Crippen LogP contribution < -0.4 is 5.32 Å². The number of nitrogens with two attached hydrogens (primary N) is 1. The van der Waals surface area contributed by atoms with Crippen LogP contribution in [0.5, 0.6) is 0 Å². The Labute approximate surface area is 493 Å². The molecule has 6 unspecified atom stereocenters. The molecule has 1 aliphatic heterocycles. The molecule has 1 fully saturated rings. The van der Waals surface area contributed by atoms with Crippen molar-refractivity contribution in [1.29, 1.82) is 0 Å². The van der Waals surface area contributed by atoms with Gasteiger partial charge >= 0.3 is 24.3 Å². The van der Waals surface area contributed by atoms with Crippen LogP contribution in [0, 0.1) is 23.7 Å². The Kier molecular flexibility index (Phi) is 63.3. The van der Waals surface area contributed by atoms with E-state index in [0.717, 1.165) is 70.0 Å². The summed E-state index contributed by atoms with van der Waals surface area (Å²) >= 11 is 0. The summed E-state index contributed by atoms with van der Waals surface area (Å²) in [5.74, 6) is 0.0307. The van der Waals surface area contributed by atoms with Crippen LogP contribution in [-0.4, -0.2) is 80.8 Å². The molecule has 0 amide bonds. The second kappa shape index (κ2) is 61.1. The number of Topliss-reactive ketones (excluding diaryl/α,β-unsaturated/α-hetero) is 2. The van der Waals surface area contributed by atoms with E-state index in [0.29, 0.717) is 70.3 Å². The highest BCUT2D eigenvalue weighted by atomic mass is 19.4. The average Bonchev–Trinajstić information content (AvgIpc) is 3.42. The van der Waals surface area contributed by atoms with Crippen LogP contribution >= 0.6 is 0 Å². The zero-order valence-electron chi connectivity index (χ0n) is 54.0. The topological polar surface area (TPSA) is 165 Å². The first-order chi connectivity index (χ1) is 38.7. The van der Waals surface area contributed by atoms with Crippen molar-refractivity contribution in [2.75, 3.05) is 26.4 Å². The van der Waals surface area contributed by atoms with Gasteiger partial charge in [0.1, 0.15) is 24.2 Å². The smallest absolute Gasteiger partial charge is 0.498 e. The van der Waals surface area contributed by atoms with E-state index in [1.54, 1.807) is 0 Å². The minimum absolute atomic E-state index is 0.0302. The molecule has 0 aliphatic carbocycles. The maximum atomic E-state index is 12.4. The third-order valence-electron chi connectivity index (χ3n) is 14.7. The van der Waals surface area contributed by atoms with Crippen LogP contribution in [0.4, 0.5) is 13.2 Å². The fraction of sp³-hybridized carbons (Fsp3) is 0.879. The number of ether oxygens (including phenoxy) is 5. The molecule has 2 N–H and O–H groups in total. The quantitative estimate of drug-likeness (QED) is 0.0203. The molecule has 1 aliphatic rings. The SMILES string of the molecule is C=C(CCCCCCCC)OCC(COC(=O)CCCCCCCC)CC(=O)C(C)CC.CC(=O)OC(F)(F)F.CCC(COC=O)CC(=O)OCC1CC(CC)[NH2+]1.CCCCCCCCC.CCCCCCCCC(=O)C(C)CC. The number of carbonyl (C=O) groups is 6. The van der Waals surface area contributed by atoms with E-state index in [9.17, 15) is 41.9 Å². The molecule has 1 heterocycles. The van der Waals surface area contributed by atoms with Gasteiger partial charge in [-0.05, 0) is 44.9 Å². The van der Waals surface area contributed by atoms with Crippen molar-refractivity contribution in [1.82, 2.24) is 0 Å². The molecule has 15 heteroatoms. The molecule has 0 aromatic rings. The Hall–Kier alpha value is -3.49. The lowest BCUT2D eigenvalue weighted by Crippen LogP contribution is -3.04. The predicted molar refractivity (Wildman–Crippen MR) is 324 cm³/mol. The molecule has 0 radical (unpaired) electrons. The lowest BCUT2D eigenvalue weighted by molar-refractivity contribution is -0.779. The Bertz CT molecular complexity index is 1450. The highest BCUT2D eigenvalue weighted by molar-refractivity contribution is 5.81. The number of rotatable bonds is 47. The molecule has 0 bridgehead atoms. The summed E-state index contributed by atoms with van der Waals surface area (Å²) < 4.78 is 56.7. The van der Waals surface area contributed by atoms with Gasteiger partial charge in [0, 0.05) is 56.3 Å². The first-order valence-electron chi connectivity index (χ1n) is 32.5. The molecular formula is C66H125F3NO11+. The summed E-state index contributed by atoms with van der Waals surface area (Å²) in [6, 6.07) is 1.14. The van der Waals surface area contributed by atoms with Gasteiger partial charge in [0.05, 0.1) is 44.5 Å². The van der Waals surface area contributed by atoms with Crippen LogP contribution in [0.3, 0.4) is 0 Å². The molecule has 0 aromatic carbocycles. The Morgan fingerprint density at radius 1 is 0.519 bits per heavy atom. The van der Waals surface area contributed by atoms with Crippen LogP contribution in [-0.2, 0) is 52.5 Å². The lowest BCUT2D eigenvalue weighted by Gasteiger charge is -2.31. The number of ketones is 2. The zero-order valence-corrected chi connectivity index (χ0v) is 54.0. The monoisotopic (exact) mass is 1160 g/mol. The number of hydrogen-bond acceptors (Lipinski definition) is 11. The van der Waals surface area contributed by atoms with Crippen molar-refractivity contribution in [3.63, 3.8) is 0 Å². The fourth-order valence-electron chi connectivity index (χ4n) is 8.52. The first kappa shape index (κ1) is 84.0. The van der Waals surface area contributed by atoms with Crippen LogP contribution in [0.2, 0.25) is 0 Å². The summed E-state index contributed by atoms with van der Waals surface area (Å²) in [6.45, 7) is 30.0. The number of halogens is 3. The van der Waals surface area contributed by atoms with Gasteiger partial charge in [0.2, 0.25) is 0 Å². The second-order valence-electron chi connectivity index (χ2n) is 22.5. The highest BCUT2D eigenvalue weighted by Gasteiger charge is 2.33. The van der Waals surface area contributed by atoms with E-state index < -0.39 is 12.3 Å². The van der Waals surface area contributed by atoms with E-state index >= 15 is 0 Å². The summed E-state index contributed by atoms with van der Waals surface area (Å²) in [7, 11) is 0. The van der Waals surface area contributed by atoms with Gasteiger partial charge in [0.15, 0.2) is 0 Å². The molecular weight excluding hydrogens is 1040 g/mol. The second-order valence-corrected chi connectivity index (χ2v) is 22.5.